The van der Waals surface area contributed by atoms with Gasteiger partial charge >= 0.3 is 5.97 Å². The number of carboxylic acid groups (broad SMARTS) is 1. The van der Waals surface area contributed by atoms with Crippen molar-refractivity contribution in [3.05, 3.63) is 53.6 Å². The van der Waals surface area contributed by atoms with E-state index < -0.39 is 5.97 Å². The third kappa shape index (κ3) is 1.93. The maximum absolute atomic E-state index is 11.3. The fraction of sp³-hybridized carbons (Fsp3) is 0.333. The van der Waals surface area contributed by atoms with Crippen molar-refractivity contribution in [1.82, 2.24) is 9.55 Å². The summed E-state index contributed by atoms with van der Waals surface area (Å²) in [6, 6.07) is 8.35. The highest BCUT2D eigenvalue weighted by molar-refractivity contribution is 5.85. The van der Waals surface area contributed by atoms with Crippen LogP contribution in [-0.4, -0.2) is 20.6 Å². The summed E-state index contributed by atoms with van der Waals surface area (Å²) >= 11 is 0. The third-order valence-corrected chi connectivity index (χ3v) is 3.97. The molecule has 0 amide bonds. The average molecular weight is 256 g/mol. The first-order valence-corrected chi connectivity index (χ1v) is 6.51. The van der Waals surface area contributed by atoms with E-state index in [0.717, 1.165) is 12.8 Å². The number of aromatic carboxylic acids is 1. The second-order valence-electron chi connectivity index (χ2n) is 5.15. The number of benzene rings is 1. The van der Waals surface area contributed by atoms with Crippen molar-refractivity contribution < 1.29 is 9.90 Å². The Balaban J connectivity index is 2.13. The maximum Gasteiger partial charge on any atom is 0.354 e. The number of hydrogen-bond acceptors (Lipinski definition) is 2. The summed E-state index contributed by atoms with van der Waals surface area (Å²) in [7, 11) is 0. The summed E-state index contributed by atoms with van der Waals surface area (Å²) in [4.78, 5) is 15.3. The van der Waals surface area contributed by atoms with Crippen LogP contribution < -0.4 is 0 Å². The van der Waals surface area contributed by atoms with Gasteiger partial charge in [0.05, 0.1) is 18.6 Å². The van der Waals surface area contributed by atoms with E-state index in [1.807, 2.05) is 12.1 Å². The smallest absolute Gasteiger partial charge is 0.354 e. The molecule has 98 valence electrons. The molecule has 19 heavy (non-hydrogen) atoms. The number of fused-ring (bicyclic) bond motifs is 1. The summed E-state index contributed by atoms with van der Waals surface area (Å²) in [6.45, 7) is 2.17. The zero-order valence-corrected chi connectivity index (χ0v) is 10.8. The molecule has 2 atom stereocenters. The van der Waals surface area contributed by atoms with Gasteiger partial charge in [-0.1, -0.05) is 31.2 Å². The SMILES string of the molecule is CC1CCc2ccccc2C1n1cncc1C(=O)O. The molecule has 1 aromatic carbocycles. The first kappa shape index (κ1) is 12.0. The van der Waals surface area contributed by atoms with Crippen molar-refractivity contribution in [2.24, 2.45) is 5.92 Å². The Morgan fingerprint density at radius 1 is 1.42 bits per heavy atom. The molecule has 0 spiro atoms. The zero-order chi connectivity index (χ0) is 13.4. The molecule has 3 rings (SSSR count). The Kier molecular flexibility index (Phi) is 2.85. The predicted octanol–water partition coefficient (Wildman–Crippen LogP) is 2.75. The van der Waals surface area contributed by atoms with Crippen LogP contribution in [0.1, 0.15) is 41.0 Å². The molecule has 4 heteroatoms. The number of rotatable bonds is 2. The highest BCUT2D eigenvalue weighted by atomic mass is 16.4. The Bertz CT molecular complexity index is 618. The molecule has 0 saturated heterocycles. The summed E-state index contributed by atoms with van der Waals surface area (Å²) in [5.74, 6) is -0.519. The molecule has 4 nitrogen and oxygen atoms in total. The molecule has 0 radical (unpaired) electrons. The van der Waals surface area contributed by atoms with Gasteiger partial charge in [0.1, 0.15) is 5.69 Å². The Labute approximate surface area is 111 Å². The number of aromatic nitrogens is 2. The number of imidazole rings is 1. The van der Waals surface area contributed by atoms with E-state index in [0.29, 0.717) is 5.92 Å². The minimum atomic E-state index is -0.923. The van der Waals surface area contributed by atoms with Gasteiger partial charge in [-0.3, -0.25) is 0 Å². The van der Waals surface area contributed by atoms with E-state index in [-0.39, 0.29) is 11.7 Å². The van der Waals surface area contributed by atoms with Gasteiger partial charge in [-0.05, 0) is 29.9 Å². The third-order valence-electron chi connectivity index (χ3n) is 3.97. The van der Waals surface area contributed by atoms with Crippen molar-refractivity contribution >= 4 is 5.97 Å². The van der Waals surface area contributed by atoms with Crippen molar-refractivity contribution in [2.75, 3.05) is 0 Å². The minimum Gasteiger partial charge on any atom is -0.477 e. The van der Waals surface area contributed by atoms with Gasteiger partial charge in [0.25, 0.3) is 0 Å². The summed E-state index contributed by atoms with van der Waals surface area (Å²) in [5.41, 5.74) is 2.80. The van der Waals surface area contributed by atoms with Crippen molar-refractivity contribution in [3.8, 4) is 0 Å². The second kappa shape index (κ2) is 4.53. The first-order chi connectivity index (χ1) is 9.18. The Morgan fingerprint density at radius 3 is 3.00 bits per heavy atom. The predicted molar refractivity (Wildman–Crippen MR) is 71.3 cm³/mol. The van der Waals surface area contributed by atoms with Crippen LogP contribution in [0.5, 0.6) is 0 Å². The van der Waals surface area contributed by atoms with Crippen LogP contribution >= 0.6 is 0 Å². The molecule has 1 heterocycles. The highest BCUT2D eigenvalue weighted by Crippen LogP contribution is 2.37. The molecule has 0 saturated carbocycles. The monoisotopic (exact) mass is 256 g/mol. The van der Waals surface area contributed by atoms with Gasteiger partial charge in [0.15, 0.2) is 0 Å². The summed E-state index contributed by atoms with van der Waals surface area (Å²) < 4.78 is 1.80. The van der Waals surface area contributed by atoms with E-state index >= 15 is 0 Å². The van der Waals surface area contributed by atoms with Crippen LogP contribution in [0.2, 0.25) is 0 Å². The maximum atomic E-state index is 11.3. The van der Waals surface area contributed by atoms with E-state index in [1.54, 1.807) is 10.9 Å². The summed E-state index contributed by atoms with van der Waals surface area (Å²) in [6.07, 6.45) is 5.18. The van der Waals surface area contributed by atoms with Crippen LogP contribution in [0, 0.1) is 5.92 Å². The number of aryl methyl sites for hydroxylation is 1. The van der Waals surface area contributed by atoms with Gasteiger partial charge in [0.2, 0.25) is 0 Å². The van der Waals surface area contributed by atoms with E-state index in [1.165, 1.54) is 17.3 Å². The second-order valence-corrected chi connectivity index (χ2v) is 5.15. The molecule has 1 N–H and O–H groups in total. The fourth-order valence-corrected chi connectivity index (χ4v) is 3.01. The van der Waals surface area contributed by atoms with Crippen LogP contribution in [0.3, 0.4) is 0 Å². The minimum absolute atomic E-state index is 0.0681. The topological polar surface area (TPSA) is 55.1 Å². The van der Waals surface area contributed by atoms with Gasteiger partial charge in [-0.25, -0.2) is 9.78 Å². The molecular weight excluding hydrogens is 240 g/mol. The van der Waals surface area contributed by atoms with Gasteiger partial charge in [-0.15, -0.1) is 0 Å². The normalized spacial score (nSPS) is 21.9. The van der Waals surface area contributed by atoms with Crippen LogP contribution in [0.25, 0.3) is 0 Å². The Hall–Kier alpha value is -2.10. The van der Waals surface area contributed by atoms with Crippen molar-refractivity contribution in [1.29, 1.82) is 0 Å². The number of carboxylic acids is 1. The standard InChI is InChI=1S/C15H16N2O2/c1-10-6-7-11-4-2-3-5-12(11)14(10)17-9-16-8-13(17)15(18)19/h2-5,8-10,14H,6-7H2,1H3,(H,18,19). The quantitative estimate of drug-likeness (QED) is 0.898. The average Bonchev–Trinajstić information content (AvgIpc) is 2.87. The number of nitrogens with zero attached hydrogens (tertiary/aromatic N) is 2. The lowest BCUT2D eigenvalue weighted by Gasteiger charge is -2.33. The van der Waals surface area contributed by atoms with Gasteiger partial charge in [-0.2, -0.15) is 0 Å². The lowest BCUT2D eigenvalue weighted by molar-refractivity contribution is 0.0681. The van der Waals surface area contributed by atoms with Crippen LogP contribution in [0.15, 0.2) is 36.8 Å². The first-order valence-electron chi connectivity index (χ1n) is 6.51. The van der Waals surface area contributed by atoms with Crippen molar-refractivity contribution in [3.63, 3.8) is 0 Å². The highest BCUT2D eigenvalue weighted by Gasteiger charge is 2.29. The largest absolute Gasteiger partial charge is 0.477 e. The fourth-order valence-electron chi connectivity index (χ4n) is 3.01. The van der Waals surface area contributed by atoms with Gasteiger partial charge in [0, 0.05) is 0 Å². The lowest BCUT2D eigenvalue weighted by atomic mass is 9.80. The number of carbonyl (C=O) groups is 1. The molecule has 2 unspecified atom stereocenters. The molecule has 1 aliphatic rings. The zero-order valence-electron chi connectivity index (χ0n) is 10.8. The van der Waals surface area contributed by atoms with E-state index in [2.05, 4.69) is 24.0 Å². The van der Waals surface area contributed by atoms with E-state index in [4.69, 9.17) is 0 Å². The molecule has 1 aromatic heterocycles. The number of hydrogen-bond donors (Lipinski definition) is 1. The molecule has 0 fully saturated rings. The molecule has 1 aliphatic carbocycles. The Morgan fingerprint density at radius 2 is 2.21 bits per heavy atom. The van der Waals surface area contributed by atoms with Crippen molar-refractivity contribution in [2.45, 2.75) is 25.8 Å². The molecule has 2 aromatic rings. The molecule has 0 aliphatic heterocycles. The van der Waals surface area contributed by atoms with Gasteiger partial charge < -0.3 is 9.67 Å². The van der Waals surface area contributed by atoms with Crippen LogP contribution in [0.4, 0.5) is 0 Å². The molecular formula is C15H16N2O2. The lowest BCUT2D eigenvalue weighted by Crippen LogP contribution is -2.26. The summed E-state index contributed by atoms with van der Waals surface area (Å²) in [5, 5.41) is 9.26. The molecule has 0 bridgehead atoms. The van der Waals surface area contributed by atoms with Crippen LogP contribution in [-0.2, 0) is 6.42 Å². The van der Waals surface area contributed by atoms with E-state index in [9.17, 15) is 9.90 Å².